The Balaban J connectivity index is 2.16. The molecule has 0 radical (unpaired) electrons. The van der Waals surface area contributed by atoms with Crippen LogP contribution < -0.4 is 0 Å². The Hall–Kier alpha value is 0.270. The molecule has 1 rings (SSSR count). The molecule has 1 saturated heterocycles. The fourth-order valence-electron chi connectivity index (χ4n) is 1.49. The maximum Gasteiger partial charge on any atom is 0.0154 e. The summed E-state index contributed by atoms with van der Waals surface area (Å²) in [5, 5.41) is 0. The zero-order valence-corrected chi connectivity index (χ0v) is 8.56. The Morgan fingerprint density at radius 2 is 2.00 bits per heavy atom. The minimum absolute atomic E-state index is 0.534. The molecule has 1 aliphatic heterocycles. The lowest BCUT2D eigenvalue weighted by molar-refractivity contribution is 0.0836. The van der Waals surface area contributed by atoms with Crippen LogP contribution in [-0.4, -0.2) is 42.9 Å². The van der Waals surface area contributed by atoms with Crippen molar-refractivity contribution in [3.63, 3.8) is 0 Å². The first kappa shape index (κ1) is 9.36. The van der Waals surface area contributed by atoms with E-state index in [1.165, 1.54) is 13.0 Å². The van der Waals surface area contributed by atoms with E-state index in [9.17, 15) is 0 Å². The summed E-state index contributed by atoms with van der Waals surface area (Å²) in [5.41, 5.74) is 0.534. The number of rotatable bonds is 3. The molecule has 3 heteroatoms. The molecule has 1 fully saturated rings. The summed E-state index contributed by atoms with van der Waals surface area (Å²) in [6.07, 6.45) is 1.29. The van der Waals surface area contributed by atoms with E-state index in [2.05, 4.69) is 43.0 Å². The van der Waals surface area contributed by atoms with Crippen LogP contribution in [0, 0.1) is 5.41 Å². The van der Waals surface area contributed by atoms with Gasteiger partial charge in [-0.15, -0.1) is 0 Å². The van der Waals surface area contributed by atoms with Gasteiger partial charge in [-0.05, 0) is 32.5 Å². The van der Waals surface area contributed by atoms with Gasteiger partial charge in [0.2, 0.25) is 0 Å². The average molecular weight is 174 g/mol. The molecule has 0 aromatic heterocycles. The van der Waals surface area contributed by atoms with Crippen LogP contribution in [0.4, 0.5) is 0 Å². The van der Waals surface area contributed by atoms with Crippen molar-refractivity contribution >= 4 is 12.8 Å². The Morgan fingerprint density at radius 3 is 2.36 bits per heavy atom. The highest BCUT2D eigenvalue weighted by molar-refractivity contribution is 7.77. The third-order valence-corrected chi connectivity index (χ3v) is 2.57. The van der Waals surface area contributed by atoms with E-state index >= 15 is 0 Å². The van der Waals surface area contributed by atoms with Crippen LogP contribution >= 0.6 is 12.8 Å². The first-order valence-electron chi connectivity index (χ1n) is 4.10. The first-order chi connectivity index (χ1) is 5.02. The van der Waals surface area contributed by atoms with Gasteiger partial charge >= 0.3 is 0 Å². The van der Waals surface area contributed by atoms with Gasteiger partial charge < -0.3 is 4.90 Å². The molecule has 1 aliphatic rings. The maximum absolute atomic E-state index is 4.26. The minimum Gasteiger partial charge on any atom is -0.309 e. The van der Waals surface area contributed by atoms with Crippen molar-refractivity contribution in [1.29, 1.82) is 0 Å². The van der Waals surface area contributed by atoms with Gasteiger partial charge in [-0.2, -0.15) is 0 Å². The molecule has 11 heavy (non-hydrogen) atoms. The summed E-state index contributed by atoms with van der Waals surface area (Å²) >= 11 is 4.26. The molecule has 0 N–H and O–H groups in total. The summed E-state index contributed by atoms with van der Waals surface area (Å²) in [5.74, 6) is 0. The van der Waals surface area contributed by atoms with E-state index < -0.39 is 0 Å². The predicted octanol–water partition coefficient (Wildman–Crippen LogP) is 1.10. The van der Waals surface area contributed by atoms with E-state index in [1.54, 1.807) is 0 Å². The number of hydrogen-bond donors (Lipinski definition) is 1. The van der Waals surface area contributed by atoms with E-state index in [4.69, 9.17) is 0 Å². The molecule has 0 spiro atoms. The van der Waals surface area contributed by atoms with E-state index in [1.807, 2.05) is 0 Å². The molecule has 0 saturated carbocycles. The van der Waals surface area contributed by atoms with Crippen LogP contribution in [0.5, 0.6) is 0 Å². The van der Waals surface area contributed by atoms with Crippen molar-refractivity contribution in [3.05, 3.63) is 0 Å². The van der Waals surface area contributed by atoms with Crippen molar-refractivity contribution in [2.24, 2.45) is 5.41 Å². The highest BCUT2D eigenvalue weighted by Crippen LogP contribution is 2.34. The molecule has 0 aromatic rings. The van der Waals surface area contributed by atoms with E-state index in [0.29, 0.717) is 5.41 Å². The van der Waals surface area contributed by atoms with Crippen molar-refractivity contribution < 1.29 is 0 Å². The van der Waals surface area contributed by atoms with Crippen LogP contribution in [-0.2, 0) is 0 Å². The molecule has 1 heterocycles. The van der Waals surface area contributed by atoms with Gasteiger partial charge in [-0.25, -0.2) is 0 Å². The first-order valence-corrected chi connectivity index (χ1v) is 4.50. The lowest BCUT2D eigenvalue weighted by atomic mass is 9.81. The van der Waals surface area contributed by atoms with Crippen molar-refractivity contribution in [1.82, 2.24) is 9.21 Å². The Labute approximate surface area is 75.1 Å². The maximum atomic E-state index is 4.26. The zero-order valence-electron chi connectivity index (χ0n) is 7.67. The third kappa shape index (κ3) is 2.65. The van der Waals surface area contributed by atoms with E-state index in [0.717, 1.165) is 13.1 Å². The van der Waals surface area contributed by atoms with Crippen molar-refractivity contribution in [2.75, 3.05) is 33.7 Å². The molecule has 0 aromatic carbocycles. The van der Waals surface area contributed by atoms with Crippen molar-refractivity contribution in [2.45, 2.75) is 13.3 Å². The van der Waals surface area contributed by atoms with E-state index in [-0.39, 0.29) is 0 Å². The topological polar surface area (TPSA) is 6.48 Å². The summed E-state index contributed by atoms with van der Waals surface area (Å²) in [6.45, 7) is 5.81. The summed E-state index contributed by atoms with van der Waals surface area (Å²) in [4.78, 5) is 2.24. The SMILES string of the molecule is CN(C)CCC1(C)CN(S)C1. The quantitative estimate of drug-likeness (QED) is 0.640. The van der Waals surface area contributed by atoms with Gasteiger partial charge in [0.25, 0.3) is 0 Å². The monoisotopic (exact) mass is 174 g/mol. The van der Waals surface area contributed by atoms with Gasteiger partial charge in [-0.1, -0.05) is 19.7 Å². The molecule has 0 aliphatic carbocycles. The van der Waals surface area contributed by atoms with Crippen molar-refractivity contribution in [3.8, 4) is 0 Å². The smallest absolute Gasteiger partial charge is 0.0154 e. The van der Waals surface area contributed by atoms with Gasteiger partial charge in [0.15, 0.2) is 0 Å². The van der Waals surface area contributed by atoms with Crippen LogP contribution in [0.25, 0.3) is 0 Å². The molecular formula is C8H18N2S. The normalized spacial score (nSPS) is 23.7. The molecule has 0 unspecified atom stereocenters. The lowest BCUT2D eigenvalue weighted by Gasteiger charge is -2.45. The van der Waals surface area contributed by atoms with Gasteiger partial charge in [-0.3, -0.25) is 4.31 Å². The number of thiol groups is 1. The fourth-order valence-corrected chi connectivity index (χ4v) is 2.17. The summed E-state index contributed by atoms with van der Waals surface area (Å²) in [6, 6.07) is 0. The lowest BCUT2D eigenvalue weighted by Crippen LogP contribution is -2.50. The summed E-state index contributed by atoms with van der Waals surface area (Å²) < 4.78 is 2.08. The standard InChI is InChI=1S/C8H18N2S/c1-8(4-5-9(2)3)6-10(11)7-8/h11H,4-7H2,1-3H3. The van der Waals surface area contributed by atoms with Crippen LogP contribution in [0.3, 0.4) is 0 Å². The Kier molecular flexibility index (Phi) is 2.84. The second-order valence-electron chi connectivity index (χ2n) is 4.19. The highest BCUT2D eigenvalue weighted by atomic mass is 32.1. The zero-order chi connectivity index (χ0) is 8.48. The Morgan fingerprint density at radius 1 is 1.45 bits per heavy atom. The molecular weight excluding hydrogens is 156 g/mol. The van der Waals surface area contributed by atoms with Crippen LogP contribution in [0.2, 0.25) is 0 Å². The second-order valence-corrected chi connectivity index (χ2v) is 4.75. The predicted molar refractivity (Wildman–Crippen MR) is 51.8 cm³/mol. The number of nitrogens with zero attached hydrogens (tertiary/aromatic N) is 2. The van der Waals surface area contributed by atoms with Crippen LogP contribution in [0.15, 0.2) is 0 Å². The third-order valence-electron chi connectivity index (χ3n) is 2.29. The molecule has 0 atom stereocenters. The molecule has 0 amide bonds. The summed E-state index contributed by atoms with van der Waals surface area (Å²) in [7, 11) is 4.25. The molecule has 0 bridgehead atoms. The van der Waals surface area contributed by atoms with Crippen LogP contribution in [0.1, 0.15) is 13.3 Å². The fraction of sp³-hybridized carbons (Fsp3) is 1.00. The van der Waals surface area contributed by atoms with Gasteiger partial charge in [0, 0.05) is 13.1 Å². The number of hydrogen-bond acceptors (Lipinski definition) is 3. The minimum atomic E-state index is 0.534. The largest absolute Gasteiger partial charge is 0.309 e. The highest BCUT2D eigenvalue weighted by Gasteiger charge is 2.36. The van der Waals surface area contributed by atoms with Gasteiger partial charge in [0.05, 0.1) is 0 Å². The second kappa shape index (κ2) is 3.33. The molecule has 2 nitrogen and oxygen atoms in total. The van der Waals surface area contributed by atoms with Gasteiger partial charge in [0.1, 0.15) is 0 Å². The average Bonchev–Trinajstić information content (AvgIpc) is 1.81. The Bertz CT molecular complexity index is 130. The molecule has 66 valence electrons.